The van der Waals surface area contributed by atoms with Crippen LogP contribution in [0.1, 0.15) is 33.6 Å². The van der Waals surface area contributed by atoms with E-state index in [1.54, 1.807) is 0 Å². The van der Waals surface area contributed by atoms with Crippen molar-refractivity contribution in [3.8, 4) is 0 Å². The molecule has 1 aliphatic rings. The third-order valence-corrected chi connectivity index (χ3v) is 1.98. The largest absolute Gasteiger partial charge is 0.462 e. The van der Waals surface area contributed by atoms with Gasteiger partial charge >= 0.3 is 0 Å². The molecule has 0 atom stereocenters. The van der Waals surface area contributed by atoms with Crippen molar-refractivity contribution in [1.82, 2.24) is 10.7 Å². The van der Waals surface area contributed by atoms with E-state index in [-0.39, 0.29) is 18.0 Å². The van der Waals surface area contributed by atoms with Crippen LogP contribution in [-0.2, 0) is 9.53 Å². The van der Waals surface area contributed by atoms with Crippen molar-refractivity contribution in [2.75, 3.05) is 13.1 Å². The van der Waals surface area contributed by atoms with Gasteiger partial charge < -0.3 is 10.1 Å². The number of piperidine rings is 1. The first kappa shape index (κ1) is 18.0. The predicted octanol–water partition coefficient (Wildman–Crippen LogP) is 0.581. The molecule has 0 aromatic rings. The van der Waals surface area contributed by atoms with Crippen molar-refractivity contribution >= 4 is 18.9 Å². The Morgan fingerprint density at radius 2 is 1.88 bits per heavy atom. The number of rotatable bonds is 2. The van der Waals surface area contributed by atoms with Crippen LogP contribution in [0.25, 0.3) is 0 Å². The number of carbonyl (C=O) groups excluding carboxylic acids is 1. The fraction of sp³-hybridized carbons (Fsp3) is 0.900. The van der Waals surface area contributed by atoms with Gasteiger partial charge in [0.15, 0.2) is 0 Å². The molecule has 16 heavy (non-hydrogen) atoms. The van der Waals surface area contributed by atoms with Crippen LogP contribution in [0.2, 0.25) is 0 Å². The molecule has 1 rings (SSSR count). The molecule has 0 aromatic carbocycles. The van der Waals surface area contributed by atoms with E-state index in [1.165, 1.54) is 0 Å². The number of nitrogens with one attached hydrogen (secondary N) is 2. The summed E-state index contributed by atoms with van der Waals surface area (Å²) in [6, 6.07) is 0.552. The first-order valence-corrected chi connectivity index (χ1v) is 5.28. The summed E-state index contributed by atoms with van der Waals surface area (Å²) in [6.45, 7) is 8.13. The quantitative estimate of drug-likeness (QED) is 0.381. The zero-order valence-electron chi connectivity index (χ0n) is 10.3. The predicted molar refractivity (Wildman–Crippen MR) is 67.4 cm³/mol. The second-order valence-corrected chi connectivity index (χ2v) is 4.52. The molecule has 0 unspecified atom stereocenters. The number of ether oxygens (including phenoxy) is 1. The fourth-order valence-electron chi connectivity index (χ4n) is 1.13. The van der Waals surface area contributed by atoms with E-state index in [4.69, 9.17) is 5.84 Å². The van der Waals surface area contributed by atoms with Gasteiger partial charge in [-0.25, -0.2) is 0 Å². The van der Waals surface area contributed by atoms with Gasteiger partial charge in [0.25, 0.3) is 6.47 Å². The molecule has 1 heterocycles. The molecule has 6 heteroatoms. The third-order valence-electron chi connectivity index (χ3n) is 1.98. The summed E-state index contributed by atoms with van der Waals surface area (Å²) < 4.78 is 4.55. The van der Waals surface area contributed by atoms with Crippen LogP contribution in [0, 0.1) is 0 Å². The molecule has 0 spiro atoms. The van der Waals surface area contributed by atoms with E-state index in [0.717, 1.165) is 25.9 Å². The van der Waals surface area contributed by atoms with Crippen LogP contribution < -0.4 is 16.6 Å². The highest BCUT2D eigenvalue weighted by atomic mass is 35.5. The lowest BCUT2D eigenvalue weighted by Crippen LogP contribution is -2.43. The summed E-state index contributed by atoms with van der Waals surface area (Å²) in [6.07, 6.45) is 2.33. The molecule has 4 N–H and O–H groups in total. The van der Waals surface area contributed by atoms with Crippen molar-refractivity contribution in [1.29, 1.82) is 0 Å². The van der Waals surface area contributed by atoms with E-state index in [2.05, 4.69) is 15.5 Å². The van der Waals surface area contributed by atoms with Gasteiger partial charge in [0, 0.05) is 6.04 Å². The van der Waals surface area contributed by atoms with Gasteiger partial charge in [-0.2, -0.15) is 0 Å². The minimum atomic E-state index is -0.318. The Bertz CT molecular complexity index is 168. The lowest BCUT2D eigenvalue weighted by Gasteiger charge is -2.20. The molecule has 1 aliphatic heterocycles. The zero-order chi connectivity index (χ0) is 11.7. The minimum Gasteiger partial charge on any atom is -0.462 e. The number of halogens is 1. The number of nitrogens with two attached hydrogens (primary N) is 1. The zero-order valence-corrected chi connectivity index (χ0v) is 11.1. The van der Waals surface area contributed by atoms with Gasteiger partial charge in [-0.1, -0.05) is 0 Å². The molecule has 0 amide bonds. The molecule has 1 fully saturated rings. The van der Waals surface area contributed by atoms with Gasteiger partial charge in [0.2, 0.25) is 0 Å². The highest BCUT2D eigenvalue weighted by molar-refractivity contribution is 5.85. The lowest BCUT2D eigenvalue weighted by molar-refractivity contribution is -0.138. The molecule has 0 saturated carbocycles. The van der Waals surface area contributed by atoms with Gasteiger partial charge in [0.1, 0.15) is 5.60 Å². The summed E-state index contributed by atoms with van der Waals surface area (Å²) in [7, 11) is 0. The highest BCUT2D eigenvalue weighted by Gasteiger charge is 2.09. The Balaban J connectivity index is 0. The monoisotopic (exact) mass is 253 g/mol. The molecule has 1 saturated heterocycles. The lowest BCUT2D eigenvalue weighted by atomic mass is 10.1. The molecule has 0 aliphatic carbocycles. The molecule has 5 nitrogen and oxygen atoms in total. The van der Waals surface area contributed by atoms with Crippen LogP contribution in [0.3, 0.4) is 0 Å². The normalized spacial score (nSPS) is 16.5. The maximum Gasteiger partial charge on any atom is 0.293 e. The Hall–Kier alpha value is -0.360. The van der Waals surface area contributed by atoms with Crippen molar-refractivity contribution in [2.24, 2.45) is 5.84 Å². The van der Waals surface area contributed by atoms with Crippen LogP contribution in [-0.4, -0.2) is 31.2 Å². The van der Waals surface area contributed by atoms with Crippen LogP contribution >= 0.6 is 12.4 Å². The van der Waals surface area contributed by atoms with E-state index >= 15 is 0 Å². The first-order chi connectivity index (χ1) is 6.99. The summed E-state index contributed by atoms with van der Waals surface area (Å²) in [5.41, 5.74) is 2.45. The molecule has 98 valence electrons. The molecular weight excluding hydrogens is 230 g/mol. The average molecular weight is 254 g/mol. The number of hydrogen-bond donors (Lipinski definition) is 3. The maximum atomic E-state index is 9.60. The second-order valence-electron chi connectivity index (χ2n) is 4.52. The second kappa shape index (κ2) is 9.84. The van der Waals surface area contributed by atoms with Crippen molar-refractivity contribution in [2.45, 2.75) is 45.3 Å². The SMILES string of the molecule is CC(C)(C)OC=O.Cl.NNC1CCNCC1. The average Bonchev–Trinajstić information content (AvgIpc) is 2.18. The maximum absolute atomic E-state index is 9.60. The van der Waals surface area contributed by atoms with E-state index in [9.17, 15) is 4.79 Å². The van der Waals surface area contributed by atoms with E-state index < -0.39 is 0 Å². The Kier molecular flexibility index (Phi) is 11.1. The van der Waals surface area contributed by atoms with E-state index in [0.29, 0.717) is 12.5 Å². The Morgan fingerprint density at radius 1 is 1.38 bits per heavy atom. The Morgan fingerprint density at radius 3 is 2.06 bits per heavy atom. The standard InChI is InChI=1S/C5H13N3.C5H10O2.ClH/c6-8-5-1-3-7-4-2-5;1-5(2,3)7-4-6;/h5,7-8H,1-4,6H2;4H,1-3H3;1H. The molecule has 0 bridgehead atoms. The smallest absolute Gasteiger partial charge is 0.293 e. The molecular formula is C10H24ClN3O2. The Labute approximate surface area is 104 Å². The van der Waals surface area contributed by atoms with Crippen LogP contribution in [0.15, 0.2) is 0 Å². The van der Waals surface area contributed by atoms with Crippen molar-refractivity contribution in [3.05, 3.63) is 0 Å². The third kappa shape index (κ3) is 11.7. The van der Waals surface area contributed by atoms with E-state index in [1.807, 2.05) is 20.8 Å². The fourth-order valence-corrected chi connectivity index (χ4v) is 1.13. The van der Waals surface area contributed by atoms with Gasteiger partial charge in [-0.15, -0.1) is 12.4 Å². The minimum absolute atomic E-state index is 0. The van der Waals surface area contributed by atoms with Crippen molar-refractivity contribution < 1.29 is 9.53 Å². The summed E-state index contributed by atoms with van der Waals surface area (Å²) >= 11 is 0. The van der Waals surface area contributed by atoms with Crippen LogP contribution in [0.5, 0.6) is 0 Å². The topological polar surface area (TPSA) is 76.4 Å². The molecule has 0 aromatic heterocycles. The van der Waals surface area contributed by atoms with Crippen LogP contribution in [0.4, 0.5) is 0 Å². The van der Waals surface area contributed by atoms with Gasteiger partial charge in [-0.05, 0) is 46.7 Å². The van der Waals surface area contributed by atoms with Crippen molar-refractivity contribution in [3.63, 3.8) is 0 Å². The number of hydrogen-bond acceptors (Lipinski definition) is 5. The number of hydrazine groups is 1. The summed E-state index contributed by atoms with van der Waals surface area (Å²) in [5.74, 6) is 5.23. The highest BCUT2D eigenvalue weighted by Crippen LogP contribution is 2.02. The summed E-state index contributed by atoms with van der Waals surface area (Å²) in [4.78, 5) is 9.60. The van der Waals surface area contributed by atoms with Gasteiger partial charge in [-0.3, -0.25) is 16.1 Å². The summed E-state index contributed by atoms with van der Waals surface area (Å²) in [5, 5.41) is 3.25. The number of carbonyl (C=O) groups is 1. The van der Waals surface area contributed by atoms with Gasteiger partial charge in [0.05, 0.1) is 0 Å². The first-order valence-electron chi connectivity index (χ1n) is 5.28. The molecule has 0 radical (unpaired) electrons.